The number of rotatable bonds is 6. The second-order valence-corrected chi connectivity index (χ2v) is 9.42. The van der Waals surface area contributed by atoms with Crippen LogP contribution in [0.3, 0.4) is 0 Å². The lowest BCUT2D eigenvalue weighted by molar-refractivity contribution is -0.136. The van der Waals surface area contributed by atoms with Crippen LogP contribution in [0.25, 0.3) is 5.52 Å². The molecule has 0 radical (unpaired) electrons. The molecule has 1 N–H and O–H groups in total. The standard InChI is InChI=1S/C25H20N2O4S/c1-17-21(14-25(28)29)22-12-11-18(15-26)16-27(22)23(17)13-19-7-5-6-10-24(19)32(30,31)20-8-3-2-4-9-20/h2-12,16H,13-14H2,1H3,(H,28,29). The second-order valence-electron chi connectivity index (χ2n) is 7.51. The Morgan fingerprint density at radius 3 is 2.41 bits per heavy atom. The highest BCUT2D eigenvalue weighted by molar-refractivity contribution is 7.91. The van der Waals surface area contributed by atoms with E-state index in [0.29, 0.717) is 22.2 Å². The summed E-state index contributed by atoms with van der Waals surface area (Å²) in [5.74, 6) is -0.955. The largest absolute Gasteiger partial charge is 0.481 e. The zero-order chi connectivity index (χ0) is 22.9. The predicted molar refractivity (Wildman–Crippen MR) is 119 cm³/mol. The van der Waals surface area contributed by atoms with Crippen molar-refractivity contribution in [1.29, 1.82) is 5.26 Å². The number of aliphatic carboxylic acids is 1. The van der Waals surface area contributed by atoms with Gasteiger partial charge in [-0.25, -0.2) is 8.42 Å². The van der Waals surface area contributed by atoms with E-state index in [1.54, 1.807) is 77.3 Å². The number of carbonyl (C=O) groups is 1. The number of hydrogen-bond acceptors (Lipinski definition) is 4. The molecule has 0 atom stereocenters. The van der Waals surface area contributed by atoms with Gasteiger partial charge in [-0.15, -0.1) is 0 Å². The Kier molecular flexibility index (Phi) is 5.56. The van der Waals surface area contributed by atoms with Crippen molar-refractivity contribution in [3.63, 3.8) is 0 Å². The summed E-state index contributed by atoms with van der Waals surface area (Å²) in [6.45, 7) is 1.83. The number of pyridine rings is 1. The molecule has 32 heavy (non-hydrogen) atoms. The van der Waals surface area contributed by atoms with Crippen LogP contribution in [0.5, 0.6) is 0 Å². The SMILES string of the molecule is Cc1c(CC(=O)O)c2ccc(C#N)cn2c1Cc1ccccc1S(=O)(=O)c1ccccc1. The molecule has 0 saturated heterocycles. The van der Waals surface area contributed by atoms with Crippen molar-refractivity contribution in [1.82, 2.24) is 4.40 Å². The summed E-state index contributed by atoms with van der Waals surface area (Å²) in [5.41, 5.74) is 3.91. The zero-order valence-electron chi connectivity index (χ0n) is 17.3. The molecule has 2 aromatic carbocycles. The van der Waals surface area contributed by atoms with E-state index >= 15 is 0 Å². The summed E-state index contributed by atoms with van der Waals surface area (Å²) in [4.78, 5) is 11.9. The Labute approximate surface area is 185 Å². The number of fused-ring (bicyclic) bond motifs is 1. The highest BCUT2D eigenvalue weighted by Crippen LogP contribution is 2.30. The summed E-state index contributed by atoms with van der Waals surface area (Å²) >= 11 is 0. The first-order chi connectivity index (χ1) is 15.3. The van der Waals surface area contributed by atoms with Crippen molar-refractivity contribution in [2.24, 2.45) is 0 Å². The van der Waals surface area contributed by atoms with Gasteiger partial charge in [0.25, 0.3) is 0 Å². The van der Waals surface area contributed by atoms with Crippen LogP contribution in [0.4, 0.5) is 0 Å². The van der Waals surface area contributed by atoms with Crippen LogP contribution in [0.2, 0.25) is 0 Å². The van der Waals surface area contributed by atoms with Crippen LogP contribution in [-0.4, -0.2) is 23.9 Å². The van der Waals surface area contributed by atoms with E-state index in [1.807, 2.05) is 6.92 Å². The quantitative estimate of drug-likeness (QED) is 0.481. The van der Waals surface area contributed by atoms with Crippen molar-refractivity contribution in [2.45, 2.75) is 29.6 Å². The molecule has 4 rings (SSSR count). The Bertz CT molecular complexity index is 1480. The maximum absolute atomic E-state index is 13.3. The first-order valence-electron chi connectivity index (χ1n) is 9.95. The summed E-state index contributed by atoms with van der Waals surface area (Å²) in [6, 6.07) is 20.6. The molecule has 0 aliphatic heterocycles. The molecule has 0 unspecified atom stereocenters. The van der Waals surface area contributed by atoms with E-state index in [4.69, 9.17) is 0 Å². The molecule has 7 heteroatoms. The van der Waals surface area contributed by atoms with E-state index < -0.39 is 15.8 Å². The molecule has 0 bridgehead atoms. The van der Waals surface area contributed by atoms with Gasteiger partial charge in [-0.3, -0.25) is 4.79 Å². The Morgan fingerprint density at radius 1 is 1.03 bits per heavy atom. The van der Waals surface area contributed by atoms with Gasteiger partial charge in [-0.2, -0.15) is 5.26 Å². The summed E-state index contributed by atoms with van der Waals surface area (Å²) < 4.78 is 28.4. The molecule has 0 aliphatic rings. The highest BCUT2D eigenvalue weighted by atomic mass is 32.2. The van der Waals surface area contributed by atoms with Crippen LogP contribution >= 0.6 is 0 Å². The number of carboxylic acids is 1. The fraction of sp³-hybridized carbons (Fsp3) is 0.120. The second kappa shape index (κ2) is 8.33. The van der Waals surface area contributed by atoms with Gasteiger partial charge in [-0.05, 0) is 53.9 Å². The van der Waals surface area contributed by atoms with Gasteiger partial charge in [0.1, 0.15) is 6.07 Å². The number of nitrogens with zero attached hydrogens (tertiary/aromatic N) is 2. The van der Waals surface area contributed by atoms with E-state index in [0.717, 1.165) is 11.3 Å². The minimum atomic E-state index is -3.74. The number of nitriles is 1. The maximum atomic E-state index is 13.3. The Balaban J connectivity index is 1.90. The maximum Gasteiger partial charge on any atom is 0.307 e. The molecular formula is C25H20N2O4S. The average Bonchev–Trinajstić information content (AvgIpc) is 3.04. The first-order valence-corrected chi connectivity index (χ1v) is 11.4. The lowest BCUT2D eigenvalue weighted by atomic mass is 10.0. The lowest BCUT2D eigenvalue weighted by Gasteiger charge is -2.12. The minimum absolute atomic E-state index is 0.162. The van der Waals surface area contributed by atoms with Crippen molar-refractivity contribution < 1.29 is 18.3 Å². The van der Waals surface area contributed by atoms with Crippen molar-refractivity contribution in [2.75, 3.05) is 0 Å². The van der Waals surface area contributed by atoms with Crippen molar-refractivity contribution >= 4 is 21.3 Å². The number of hydrogen-bond donors (Lipinski definition) is 1. The normalized spacial score (nSPS) is 11.4. The van der Waals surface area contributed by atoms with E-state index in [1.165, 1.54) is 0 Å². The van der Waals surface area contributed by atoms with E-state index in [9.17, 15) is 23.6 Å². The number of benzene rings is 2. The summed E-state index contributed by atoms with van der Waals surface area (Å²) in [7, 11) is -3.74. The molecule has 2 heterocycles. The van der Waals surface area contributed by atoms with Gasteiger partial charge >= 0.3 is 5.97 Å². The predicted octanol–water partition coefficient (Wildman–Crippen LogP) is 4.17. The Hall–Kier alpha value is -3.89. The van der Waals surface area contributed by atoms with Crippen molar-refractivity contribution in [3.8, 4) is 6.07 Å². The van der Waals surface area contributed by atoms with Gasteiger partial charge in [0.2, 0.25) is 9.84 Å². The molecule has 6 nitrogen and oxygen atoms in total. The smallest absolute Gasteiger partial charge is 0.307 e. The molecule has 0 spiro atoms. The molecule has 160 valence electrons. The summed E-state index contributed by atoms with van der Waals surface area (Å²) in [6.07, 6.45) is 1.77. The molecular weight excluding hydrogens is 424 g/mol. The number of aromatic nitrogens is 1. The summed E-state index contributed by atoms with van der Waals surface area (Å²) in [5, 5.41) is 18.7. The molecule has 0 fully saturated rings. The third-order valence-corrected chi connectivity index (χ3v) is 7.43. The van der Waals surface area contributed by atoms with E-state index in [2.05, 4.69) is 6.07 Å². The molecule has 4 aromatic rings. The zero-order valence-corrected chi connectivity index (χ0v) is 18.1. The lowest BCUT2D eigenvalue weighted by Crippen LogP contribution is -2.07. The third-order valence-electron chi connectivity index (χ3n) is 5.56. The number of sulfone groups is 1. The average molecular weight is 445 g/mol. The van der Waals surface area contributed by atoms with Gasteiger partial charge in [0.15, 0.2) is 0 Å². The monoisotopic (exact) mass is 444 g/mol. The van der Waals surface area contributed by atoms with Gasteiger partial charge in [-0.1, -0.05) is 36.4 Å². The van der Waals surface area contributed by atoms with Crippen LogP contribution in [0.1, 0.15) is 27.9 Å². The van der Waals surface area contributed by atoms with Gasteiger partial charge in [0, 0.05) is 23.8 Å². The molecule has 0 aliphatic carbocycles. The molecule has 0 saturated carbocycles. The highest BCUT2D eigenvalue weighted by Gasteiger charge is 2.23. The Morgan fingerprint density at radius 2 is 1.72 bits per heavy atom. The topological polar surface area (TPSA) is 99.6 Å². The number of carboxylic acid groups (broad SMARTS) is 1. The fourth-order valence-corrected chi connectivity index (χ4v) is 5.51. The van der Waals surface area contributed by atoms with Crippen molar-refractivity contribution in [3.05, 3.63) is 101 Å². The molecule has 0 amide bonds. The van der Waals surface area contributed by atoms with Crippen LogP contribution in [-0.2, 0) is 27.5 Å². The minimum Gasteiger partial charge on any atom is -0.481 e. The first kappa shape index (κ1) is 21.3. The fourth-order valence-electron chi connectivity index (χ4n) is 3.99. The van der Waals surface area contributed by atoms with Crippen LogP contribution in [0, 0.1) is 18.3 Å². The third kappa shape index (κ3) is 3.77. The van der Waals surface area contributed by atoms with Gasteiger partial charge < -0.3 is 9.51 Å². The van der Waals surface area contributed by atoms with Gasteiger partial charge in [0.05, 0.1) is 21.8 Å². The van der Waals surface area contributed by atoms with Crippen LogP contribution < -0.4 is 0 Å². The van der Waals surface area contributed by atoms with E-state index in [-0.39, 0.29) is 22.6 Å². The van der Waals surface area contributed by atoms with Crippen LogP contribution in [0.15, 0.2) is 82.7 Å². The molecule has 2 aromatic heterocycles.